The average Bonchev–Trinajstić information content (AvgIpc) is 2.61. The zero-order chi connectivity index (χ0) is 18.2. The SMILES string of the molecule is COc1ccc(CC(=O)NCC(=O)Nc2ccccc2C(C)C)cc1. The molecule has 25 heavy (non-hydrogen) atoms. The number of hydrogen-bond donors (Lipinski definition) is 2. The molecule has 5 nitrogen and oxygen atoms in total. The standard InChI is InChI=1S/C20H24N2O3/c1-14(2)17-6-4-5-7-18(17)22-20(24)13-21-19(23)12-15-8-10-16(25-3)11-9-15/h4-11,14H,12-13H2,1-3H3,(H,21,23)(H,22,24). The predicted molar refractivity (Wildman–Crippen MR) is 98.9 cm³/mol. The molecule has 0 radical (unpaired) electrons. The zero-order valence-corrected chi connectivity index (χ0v) is 14.8. The van der Waals surface area contributed by atoms with Crippen LogP contribution in [0.4, 0.5) is 5.69 Å². The van der Waals surface area contributed by atoms with E-state index in [0.717, 1.165) is 22.6 Å². The molecule has 2 N–H and O–H groups in total. The van der Waals surface area contributed by atoms with Crippen LogP contribution in [0.25, 0.3) is 0 Å². The molecule has 0 aromatic heterocycles. The normalized spacial score (nSPS) is 10.4. The van der Waals surface area contributed by atoms with Gasteiger partial charge >= 0.3 is 0 Å². The highest BCUT2D eigenvalue weighted by Gasteiger charge is 2.10. The zero-order valence-electron chi connectivity index (χ0n) is 14.8. The molecular formula is C20H24N2O3. The molecule has 0 aliphatic rings. The van der Waals surface area contributed by atoms with Gasteiger partial charge in [0.05, 0.1) is 20.1 Å². The molecule has 0 saturated heterocycles. The van der Waals surface area contributed by atoms with Gasteiger partial charge in [0, 0.05) is 5.69 Å². The van der Waals surface area contributed by atoms with E-state index in [-0.39, 0.29) is 24.8 Å². The lowest BCUT2D eigenvalue weighted by atomic mass is 10.0. The Balaban J connectivity index is 1.84. The van der Waals surface area contributed by atoms with Crippen LogP contribution in [0.1, 0.15) is 30.9 Å². The lowest BCUT2D eigenvalue weighted by molar-refractivity contribution is -0.123. The Morgan fingerprint density at radius 3 is 2.32 bits per heavy atom. The second-order valence-electron chi connectivity index (χ2n) is 6.09. The van der Waals surface area contributed by atoms with Crippen molar-refractivity contribution in [2.45, 2.75) is 26.2 Å². The maximum Gasteiger partial charge on any atom is 0.243 e. The van der Waals surface area contributed by atoms with Crippen molar-refractivity contribution in [3.63, 3.8) is 0 Å². The van der Waals surface area contributed by atoms with Crippen LogP contribution in [0.2, 0.25) is 0 Å². The molecule has 2 amide bonds. The van der Waals surface area contributed by atoms with E-state index in [4.69, 9.17) is 4.74 Å². The fourth-order valence-corrected chi connectivity index (χ4v) is 2.48. The van der Waals surface area contributed by atoms with Gasteiger partial charge in [-0.05, 0) is 35.2 Å². The topological polar surface area (TPSA) is 67.4 Å². The van der Waals surface area contributed by atoms with Crippen LogP contribution in [0.15, 0.2) is 48.5 Å². The predicted octanol–water partition coefficient (Wildman–Crippen LogP) is 3.12. The molecule has 0 heterocycles. The third-order valence-electron chi connectivity index (χ3n) is 3.83. The minimum Gasteiger partial charge on any atom is -0.497 e. The Hall–Kier alpha value is -2.82. The van der Waals surface area contributed by atoms with Crippen LogP contribution < -0.4 is 15.4 Å². The van der Waals surface area contributed by atoms with Crippen LogP contribution in [0.3, 0.4) is 0 Å². The minimum absolute atomic E-state index is 0.0541. The lowest BCUT2D eigenvalue weighted by Crippen LogP contribution is -2.34. The number of benzene rings is 2. The summed E-state index contributed by atoms with van der Waals surface area (Å²) in [4.78, 5) is 24.1. The van der Waals surface area contributed by atoms with E-state index in [0.29, 0.717) is 5.92 Å². The molecule has 0 atom stereocenters. The van der Waals surface area contributed by atoms with Crippen LogP contribution >= 0.6 is 0 Å². The molecule has 0 bridgehead atoms. The molecule has 0 saturated carbocycles. The Kier molecular flexibility index (Phi) is 6.57. The van der Waals surface area contributed by atoms with Crippen molar-refractivity contribution in [2.24, 2.45) is 0 Å². The number of amides is 2. The van der Waals surface area contributed by atoms with Crippen molar-refractivity contribution in [1.29, 1.82) is 0 Å². The molecule has 2 aromatic carbocycles. The fraction of sp³-hybridized carbons (Fsp3) is 0.300. The van der Waals surface area contributed by atoms with Gasteiger partial charge in [0.2, 0.25) is 11.8 Å². The molecule has 0 fully saturated rings. The first kappa shape index (κ1) is 18.5. The summed E-state index contributed by atoms with van der Waals surface area (Å²) in [6.45, 7) is 4.09. The largest absolute Gasteiger partial charge is 0.497 e. The van der Waals surface area contributed by atoms with Crippen LogP contribution in [0.5, 0.6) is 5.75 Å². The molecule has 5 heteroatoms. The van der Waals surface area contributed by atoms with Crippen LogP contribution in [-0.4, -0.2) is 25.5 Å². The number of carbonyl (C=O) groups excluding carboxylic acids is 2. The second-order valence-corrected chi connectivity index (χ2v) is 6.09. The highest BCUT2D eigenvalue weighted by atomic mass is 16.5. The van der Waals surface area contributed by atoms with Gasteiger partial charge in [0.25, 0.3) is 0 Å². The number of rotatable bonds is 7. The average molecular weight is 340 g/mol. The lowest BCUT2D eigenvalue weighted by Gasteiger charge is -2.14. The molecule has 2 rings (SSSR count). The molecular weight excluding hydrogens is 316 g/mol. The number of hydrogen-bond acceptors (Lipinski definition) is 3. The van der Waals surface area contributed by atoms with E-state index >= 15 is 0 Å². The van der Waals surface area contributed by atoms with Gasteiger partial charge < -0.3 is 15.4 Å². The van der Waals surface area contributed by atoms with Gasteiger partial charge in [-0.3, -0.25) is 9.59 Å². The summed E-state index contributed by atoms with van der Waals surface area (Å²) in [6, 6.07) is 14.9. The summed E-state index contributed by atoms with van der Waals surface area (Å²) in [5.41, 5.74) is 2.72. The van der Waals surface area contributed by atoms with Crippen molar-refractivity contribution < 1.29 is 14.3 Å². The molecule has 2 aromatic rings. The van der Waals surface area contributed by atoms with E-state index in [1.807, 2.05) is 36.4 Å². The maximum atomic E-state index is 12.1. The first-order valence-corrected chi connectivity index (χ1v) is 8.28. The molecule has 0 spiro atoms. The Labute approximate surface area is 148 Å². The number of anilines is 1. The molecule has 0 unspecified atom stereocenters. The fourth-order valence-electron chi connectivity index (χ4n) is 2.48. The summed E-state index contributed by atoms with van der Waals surface area (Å²) in [7, 11) is 1.60. The van der Waals surface area contributed by atoms with Crippen molar-refractivity contribution >= 4 is 17.5 Å². The molecule has 132 valence electrons. The van der Waals surface area contributed by atoms with E-state index in [2.05, 4.69) is 24.5 Å². The van der Waals surface area contributed by atoms with Gasteiger partial charge in [0.15, 0.2) is 0 Å². The first-order chi connectivity index (χ1) is 12.0. The molecule has 0 aliphatic heterocycles. The monoisotopic (exact) mass is 340 g/mol. The molecule has 0 aliphatic carbocycles. The number of nitrogens with one attached hydrogen (secondary N) is 2. The van der Waals surface area contributed by atoms with E-state index in [1.165, 1.54) is 0 Å². The van der Waals surface area contributed by atoms with Gasteiger partial charge in [0.1, 0.15) is 5.75 Å². The van der Waals surface area contributed by atoms with Crippen molar-refractivity contribution in [2.75, 3.05) is 19.0 Å². The van der Waals surface area contributed by atoms with Gasteiger partial charge in [-0.1, -0.05) is 44.2 Å². The van der Waals surface area contributed by atoms with Gasteiger partial charge in [-0.25, -0.2) is 0 Å². The summed E-state index contributed by atoms with van der Waals surface area (Å²) in [5.74, 6) is 0.613. The number of para-hydroxylation sites is 1. The smallest absolute Gasteiger partial charge is 0.243 e. The highest BCUT2D eigenvalue weighted by Crippen LogP contribution is 2.23. The Bertz CT molecular complexity index is 724. The van der Waals surface area contributed by atoms with E-state index in [9.17, 15) is 9.59 Å². The number of methoxy groups -OCH3 is 1. The third kappa shape index (κ3) is 5.64. The number of ether oxygens (including phenoxy) is 1. The summed E-state index contributed by atoms with van der Waals surface area (Å²) in [6.07, 6.45) is 0.222. The van der Waals surface area contributed by atoms with Crippen molar-refractivity contribution in [3.8, 4) is 5.75 Å². The van der Waals surface area contributed by atoms with E-state index in [1.54, 1.807) is 19.2 Å². The summed E-state index contributed by atoms with van der Waals surface area (Å²) < 4.78 is 5.08. The van der Waals surface area contributed by atoms with Crippen LogP contribution in [-0.2, 0) is 16.0 Å². The Morgan fingerprint density at radius 1 is 1.00 bits per heavy atom. The Morgan fingerprint density at radius 2 is 1.68 bits per heavy atom. The first-order valence-electron chi connectivity index (χ1n) is 8.28. The maximum absolute atomic E-state index is 12.1. The second kappa shape index (κ2) is 8.87. The van der Waals surface area contributed by atoms with Crippen LogP contribution in [0, 0.1) is 0 Å². The minimum atomic E-state index is -0.240. The van der Waals surface area contributed by atoms with Crippen molar-refractivity contribution in [3.05, 3.63) is 59.7 Å². The summed E-state index contributed by atoms with van der Waals surface area (Å²) in [5, 5.41) is 5.50. The third-order valence-corrected chi connectivity index (χ3v) is 3.83. The quantitative estimate of drug-likeness (QED) is 0.814. The van der Waals surface area contributed by atoms with E-state index < -0.39 is 0 Å². The number of carbonyl (C=O) groups is 2. The summed E-state index contributed by atoms with van der Waals surface area (Å²) >= 11 is 0. The van der Waals surface area contributed by atoms with Crippen molar-refractivity contribution in [1.82, 2.24) is 5.32 Å². The highest BCUT2D eigenvalue weighted by molar-refractivity contribution is 5.95. The van der Waals surface area contributed by atoms with Gasteiger partial charge in [-0.2, -0.15) is 0 Å². The van der Waals surface area contributed by atoms with Gasteiger partial charge in [-0.15, -0.1) is 0 Å².